The van der Waals surface area contributed by atoms with Gasteiger partial charge < -0.3 is 60.9 Å². The van der Waals surface area contributed by atoms with Crippen molar-refractivity contribution in [1.29, 1.82) is 0 Å². The number of ether oxygens (including phenoxy) is 4. The Kier molecular flexibility index (Phi) is 39.7. The number of hydrogen-bond acceptors (Lipinski definition) is 13. The van der Waals surface area contributed by atoms with Crippen molar-refractivity contribution in [3.05, 3.63) is 0 Å². The first-order chi connectivity index (χ1) is 34.7. The summed E-state index contributed by atoms with van der Waals surface area (Å²) < 4.78 is 21.0. The lowest BCUT2D eigenvalue weighted by Crippen LogP contribution is -2.48. The monoisotopic (exact) mass is 1030 g/mol. The van der Waals surface area contributed by atoms with Gasteiger partial charge >= 0.3 is 17.9 Å². The van der Waals surface area contributed by atoms with E-state index in [0.717, 1.165) is 38.5 Å². The summed E-state index contributed by atoms with van der Waals surface area (Å²) in [7, 11) is 0. The molecule has 8 N–H and O–H groups in total. The highest BCUT2D eigenvalue weighted by Crippen LogP contribution is 2.29. The van der Waals surface area contributed by atoms with Crippen LogP contribution in [0.4, 0.5) is 0 Å². The lowest BCUT2D eigenvalue weighted by Gasteiger charge is -2.28. The van der Waals surface area contributed by atoms with Crippen LogP contribution >= 0.6 is 0 Å². The van der Waals surface area contributed by atoms with E-state index in [2.05, 4.69) is 26.6 Å². The highest BCUT2D eigenvalue weighted by Gasteiger charge is 2.30. The third-order valence-corrected chi connectivity index (χ3v) is 12.3. The SMILES string of the molecule is CC(=O)COCCOCCNC(=O)COCCOCCNC(=O)[C@H](CCC(=O)O)NC(=O)CCC(NC(=O)C1CCC(CNC(=O)CCCCCCCCCCCCCCCCCCC(=O)O)CC1)C(=O)O. The van der Waals surface area contributed by atoms with Crippen LogP contribution in [0.2, 0.25) is 0 Å². The number of carboxylic acids is 3. The molecule has 1 aliphatic carbocycles. The van der Waals surface area contributed by atoms with Gasteiger partial charge in [-0.3, -0.25) is 38.4 Å². The zero-order valence-electron chi connectivity index (χ0n) is 43.1. The van der Waals surface area contributed by atoms with Gasteiger partial charge in [-0.25, -0.2) is 4.79 Å². The van der Waals surface area contributed by atoms with Crippen LogP contribution in [0.25, 0.3) is 0 Å². The number of unbranched alkanes of at least 4 members (excludes halogenated alkanes) is 15. The van der Waals surface area contributed by atoms with Gasteiger partial charge in [0.05, 0.1) is 39.6 Å². The maximum absolute atomic E-state index is 13.1. The molecule has 72 heavy (non-hydrogen) atoms. The van der Waals surface area contributed by atoms with E-state index in [1.54, 1.807) is 0 Å². The molecule has 1 fully saturated rings. The van der Waals surface area contributed by atoms with E-state index >= 15 is 0 Å². The molecule has 21 nitrogen and oxygen atoms in total. The Hall–Kier alpha value is -4.73. The van der Waals surface area contributed by atoms with E-state index in [-0.39, 0.29) is 115 Å². The molecule has 0 radical (unpaired) electrons. The summed E-state index contributed by atoms with van der Waals surface area (Å²) in [5.41, 5.74) is 0. The van der Waals surface area contributed by atoms with Gasteiger partial charge in [0, 0.05) is 51.2 Å². The number of Topliss-reactive ketones (excluding diaryl/α,β-unsaturated/α-hetero) is 1. The Morgan fingerprint density at radius 2 is 0.931 bits per heavy atom. The molecular formula is C51H89N5O16. The largest absolute Gasteiger partial charge is 0.481 e. The first-order valence-electron chi connectivity index (χ1n) is 26.6. The number of hydrogen-bond donors (Lipinski definition) is 8. The number of nitrogens with one attached hydrogen (secondary N) is 5. The molecule has 0 saturated heterocycles. The Labute approximate surface area is 426 Å². The van der Waals surface area contributed by atoms with Gasteiger partial charge in [-0.1, -0.05) is 89.9 Å². The molecule has 1 saturated carbocycles. The molecule has 0 heterocycles. The molecule has 0 aromatic rings. The number of carbonyl (C=O) groups is 9. The number of carboxylic acid groups (broad SMARTS) is 3. The van der Waals surface area contributed by atoms with E-state index < -0.39 is 60.1 Å². The third-order valence-electron chi connectivity index (χ3n) is 12.3. The fourth-order valence-electron chi connectivity index (χ4n) is 8.14. The molecule has 414 valence electrons. The topological polar surface area (TPSA) is 311 Å². The maximum Gasteiger partial charge on any atom is 0.326 e. The third kappa shape index (κ3) is 38.9. The minimum atomic E-state index is -1.36. The first kappa shape index (κ1) is 65.3. The summed E-state index contributed by atoms with van der Waals surface area (Å²) in [5.74, 6) is -5.55. The Morgan fingerprint density at radius 3 is 1.44 bits per heavy atom. The van der Waals surface area contributed by atoms with Gasteiger partial charge in [-0.05, 0) is 64.2 Å². The van der Waals surface area contributed by atoms with Crippen LogP contribution in [0.5, 0.6) is 0 Å². The van der Waals surface area contributed by atoms with Crippen LogP contribution in [0, 0.1) is 11.8 Å². The number of carbonyl (C=O) groups excluding carboxylic acids is 6. The van der Waals surface area contributed by atoms with Gasteiger partial charge in [0.1, 0.15) is 25.3 Å². The van der Waals surface area contributed by atoms with Crippen LogP contribution in [0.1, 0.15) is 174 Å². The smallest absolute Gasteiger partial charge is 0.326 e. The van der Waals surface area contributed by atoms with Crippen LogP contribution in [-0.2, 0) is 62.1 Å². The van der Waals surface area contributed by atoms with Crippen molar-refractivity contribution < 1.29 is 77.4 Å². The van der Waals surface area contributed by atoms with Crippen molar-refractivity contribution in [3.63, 3.8) is 0 Å². The molecule has 0 bridgehead atoms. The van der Waals surface area contributed by atoms with Gasteiger partial charge in [0.15, 0.2) is 5.78 Å². The minimum absolute atomic E-state index is 0.0229. The van der Waals surface area contributed by atoms with E-state index in [4.69, 9.17) is 24.1 Å². The van der Waals surface area contributed by atoms with E-state index in [0.29, 0.717) is 38.6 Å². The quantitative estimate of drug-likeness (QED) is 0.0386. The minimum Gasteiger partial charge on any atom is -0.481 e. The summed E-state index contributed by atoms with van der Waals surface area (Å²) in [4.78, 5) is 108. The van der Waals surface area contributed by atoms with E-state index in [1.165, 1.54) is 71.1 Å². The second kappa shape index (κ2) is 43.8. The molecule has 21 heteroatoms. The zero-order valence-corrected chi connectivity index (χ0v) is 43.1. The summed E-state index contributed by atoms with van der Waals surface area (Å²) in [5, 5.41) is 41.0. The second-order valence-electron chi connectivity index (χ2n) is 18.7. The number of amides is 5. The van der Waals surface area contributed by atoms with Crippen molar-refractivity contribution in [3.8, 4) is 0 Å². The predicted molar refractivity (Wildman–Crippen MR) is 267 cm³/mol. The highest BCUT2D eigenvalue weighted by atomic mass is 16.5. The molecule has 1 unspecified atom stereocenters. The molecular weight excluding hydrogens is 939 g/mol. The maximum atomic E-state index is 13.1. The molecule has 5 amide bonds. The van der Waals surface area contributed by atoms with E-state index in [9.17, 15) is 53.4 Å². The average molecular weight is 1030 g/mol. The Bertz CT molecular complexity index is 1560. The van der Waals surface area contributed by atoms with Crippen LogP contribution in [0.15, 0.2) is 0 Å². The van der Waals surface area contributed by atoms with Gasteiger partial charge in [0.2, 0.25) is 29.5 Å². The Balaban J connectivity index is 2.20. The second-order valence-corrected chi connectivity index (χ2v) is 18.7. The summed E-state index contributed by atoms with van der Waals surface area (Å²) >= 11 is 0. The molecule has 0 spiro atoms. The molecule has 1 aliphatic rings. The predicted octanol–water partition coefficient (Wildman–Crippen LogP) is 4.60. The first-order valence-corrected chi connectivity index (χ1v) is 26.6. The average Bonchev–Trinajstić information content (AvgIpc) is 3.34. The lowest BCUT2D eigenvalue weighted by atomic mass is 9.81. The molecule has 1 rings (SSSR count). The van der Waals surface area contributed by atoms with Crippen molar-refractivity contribution in [2.24, 2.45) is 11.8 Å². The van der Waals surface area contributed by atoms with Crippen LogP contribution in [0.3, 0.4) is 0 Å². The van der Waals surface area contributed by atoms with Crippen molar-refractivity contribution in [2.45, 2.75) is 186 Å². The van der Waals surface area contributed by atoms with Crippen molar-refractivity contribution >= 4 is 53.2 Å². The Morgan fingerprint density at radius 1 is 0.458 bits per heavy atom. The van der Waals surface area contributed by atoms with E-state index in [1.807, 2.05) is 0 Å². The summed E-state index contributed by atoms with van der Waals surface area (Å²) in [6, 6.07) is -2.57. The summed E-state index contributed by atoms with van der Waals surface area (Å²) in [6.07, 6.45) is 20.5. The molecule has 0 aromatic carbocycles. The number of aliphatic carboxylic acids is 3. The van der Waals surface area contributed by atoms with Crippen molar-refractivity contribution in [2.75, 3.05) is 72.5 Å². The number of ketones is 1. The van der Waals surface area contributed by atoms with Crippen molar-refractivity contribution in [1.82, 2.24) is 26.6 Å². The molecule has 2 atom stereocenters. The van der Waals surface area contributed by atoms with Gasteiger partial charge in [-0.2, -0.15) is 0 Å². The van der Waals surface area contributed by atoms with Gasteiger partial charge in [-0.15, -0.1) is 0 Å². The van der Waals surface area contributed by atoms with Crippen LogP contribution in [-0.4, -0.2) is 153 Å². The standard InChI is InChI=1S/C51H89N5O16/c1-39(57)37-71-34-32-69-30-28-52-46(60)38-72-35-33-70-31-29-53-50(66)42(25-27-48(63)64)55-45(59)26-24-43(51(67)68)56-49(65)41-22-20-40(21-23-41)36-54-44(58)18-16-14-12-10-8-6-4-2-3-5-7-9-11-13-15-17-19-47(61)62/h40-43H,2-38H2,1H3,(H,52,60)(H,53,66)(H,54,58)(H,55,59)(H,56,65)(H,61,62)(H,63,64)(H,67,68)/t40?,41?,42-,43?/m0/s1. The molecule has 0 aliphatic heterocycles. The fourth-order valence-corrected chi connectivity index (χ4v) is 8.14. The lowest BCUT2D eigenvalue weighted by molar-refractivity contribution is -0.143. The zero-order chi connectivity index (χ0) is 53.0. The van der Waals surface area contributed by atoms with Gasteiger partial charge in [0.25, 0.3) is 0 Å². The number of rotatable bonds is 48. The highest BCUT2D eigenvalue weighted by molar-refractivity contribution is 5.89. The summed E-state index contributed by atoms with van der Waals surface area (Å²) in [6.45, 7) is 3.15. The fraction of sp³-hybridized carbons (Fsp3) is 0.824. The van der Waals surface area contributed by atoms with Crippen LogP contribution < -0.4 is 26.6 Å². The normalized spacial score (nSPS) is 15.2. The molecule has 0 aromatic heterocycles.